The summed E-state index contributed by atoms with van der Waals surface area (Å²) in [7, 11) is 0. The van der Waals surface area contributed by atoms with Gasteiger partial charge in [0.25, 0.3) is 0 Å². The van der Waals surface area contributed by atoms with Crippen LogP contribution in [0.1, 0.15) is 103 Å². The normalized spacial score (nSPS) is 56.2. The molecule has 4 saturated carbocycles. The van der Waals surface area contributed by atoms with Gasteiger partial charge in [0.2, 0.25) is 0 Å². The zero-order chi connectivity index (χ0) is 26.2. The zero-order valence-electron chi connectivity index (χ0n) is 25.0. The summed E-state index contributed by atoms with van der Waals surface area (Å²) in [6.07, 6.45) is 25.0. The predicted molar refractivity (Wildman–Crippen MR) is 157 cm³/mol. The minimum Gasteiger partial charge on any atom is -0.632 e. The monoisotopic (exact) mass is 599 g/mol. The molecule has 0 spiro atoms. The summed E-state index contributed by atoms with van der Waals surface area (Å²) in [5.74, 6) is 5.78. The first kappa shape index (κ1) is 28.8. The van der Waals surface area contributed by atoms with Crippen LogP contribution in [0.15, 0.2) is 0 Å². The van der Waals surface area contributed by atoms with Gasteiger partial charge >= 0.3 is 0 Å². The van der Waals surface area contributed by atoms with Crippen LogP contribution in [0.5, 0.6) is 0 Å². The number of rotatable bonds is 0. The van der Waals surface area contributed by atoms with E-state index in [1.54, 1.807) is 0 Å². The Balaban J connectivity index is 0.00000256. The molecule has 8 nitrogen and oxygen atoms in total. The average molecular weight is 600 g/mol. The van der Waals surface area contributed by atoms with Crippen molar-refractivity contribution < 1.29 is 21.7 Å². The Morgan fingerprint density at radius 2 is 0.512 bits per heavy atom. The maximum absolute atomic E-state index is 5.62. The Kier molecular flexibility index (Phi) is 8.41. The largest absolute Gasteiger partial charge is 0.632 e. The first-order valence-corrected chi connectivity index (χ1v) is 17.8. The van der Waals surface area contributed by atoms with Crippen molar-refractivity contribution in [3.05, 3.63) is 5.32 Å². The third-order valence-electron chi connectivity index (χ3n) is 13.7. The van der Waals surface area contributed by atoms with Crippen LogP contribution in [0.2, 0.25) is 0 Å². The summed E-state index contributed by atoms with van der Waals surface area (Å²) in [6, 6.07) is 0. The Morgan fingerprint density at radius 1 is 0.293 bits per heavy atom. The van der Waals surface area contributed by atoms with Crippen molar-refractivity contribution in [3.63, 3.8) is 0 Å². The van der Waals surface area contributed by atoms with E-state index in [2.05, 4.69) is 37.2 Å². The summed E-state index contributed by atoms with van der Waals surface area (Å²) < 4.78 is 0. The van der Waals surface area contributed by atoms with Crippen molar-refractivity contribution in [2.45, 2.75) is 152 Å². The van der Waals surface area contributed by atoms with Crippen LogP contribution in [0, 0.1) is 47.3 Å². The van der Waals surface area contributed by atoms with E-state index in [9.17, 15) is 0 Å². The molecule has 8 bridgehead atoms. The molecular formula is C32H55N8Ti-. The maximum atomic E-state index is 5.62. The molecule has 9 aliphatic rings. The van der Waals surface area contributed by atoms with E-state index < -0.39 is 0 Å². The number of fused-ring (bicyclic) bond motifs is 20. The molecule has 16 atom stereocenters. The van der Waals surface area contributed by atoms with E-state index in [1.165, 1.54) is 103 Å². The van der Waals surface area contributed by atoms with E-state index in [4.69, 9.17) is 5.32 Å². The summed E-state index contributed by atoms with van der Waals surface area (Å²) in [5.41, 5.74) is 0. The fourth-order valence-electron chi connectivity index (χ4n) is 11.9. The third kappa shape index (κ3) is 5.07. The molecule has 4 aliphatic carbocycles. The number of nitrogens with one attached hydrogen (secondary N) is 7. The van der Waals surface area contributed by atoms with Crippen LogP contribution in [-0.2, 0) is 21.7 Å². The van der Waals surface area contributed by atoms with E-state index in [0.717, 1.165) is 35.5 Å². The van der Waals surface area contributed by atoms with Gasteiger partial charge in [-0.3, -0.25) is 26.6 Å². The molecule has 41 heavy (non-hydrogen) atoms. The number of hydrogen-bond acceptors (Lipinski definition) is 7. The fraction of sp³-hybridized carbons (Fsp3) is 1.00. The van der Waals surface area contributed by atoms with Crippen LogP contribution in [0.3, 0.4) is 0 Å². The van der Waals surface area contributed by atoms with Crippen LogP contribution in [0.25, 0.3) is 5.32 Å². The van der Waals surface area contributed by atoms with Crippen LogP contribution in [-0.4, -0.2) is 49.3 Å². The molecule has 0 radical (unpaired) electrons. The Labute approximate surface area is 262 Å². The second-order valence-corrected chi connectivity index (χ2v) is 15.5. The molecular weight excluding hydrogens is 544 g/mol. The summed E-state index contributed by atoms with van der Waals surface area (Å²) in [5, 5.41) is 35.0. The molecule has 5 saturated heterocycles. The van der Waals surface area contributed by atoms with Gasteiger partial charge in [0.05, 0.1) is 37.0 Å². The van der Waals surface area contributed by atoms with E-state index in [-0.39, 0.29) is 21.7 Å². The quantitative estimate of drug-likeness (QED) is 0.215. The molecule has 228 valence electrons. The third-order valence-corrected chi connectivity index (χ3v) is 13.7. The molecule has 9 fully saturated rings. The van der Waals surface area contributed by atoms with Gasteiger partial charge in [0.1, 0.15) is 0 Å². The molecule has 5 aliphatic heterocycles. The van der Waals surface area contributed by atoms with E-state index >= 15 is 0 Å². The van der Waals surface area contributed by atoms with Crippen LogP contribution < -0.4 is 37.2 Å². The van der Waals surface area contributed by atoms with E-state index in [0.29, 0.717) is 61.2 Å². The van der Waals surface area contributed by atoms with Crippen molar-refractivity contribution in [2.75, 3.05) is 0 Å². The molecule has 0 aromatic heterocycles. The van der Waals surface area contributed by atoms with Crippen LogP contribution >= 0.6 is 0 Å². The molecule has 0 aromatic carbocycles. The summed E-state index contributed by atoms with van der Waals surface area (Å²) in [4.78, 5) is 0. The van der Waals surface area contributed by atoms with Crippen molar-refractivity contribution in [1.29, 1.82) is 0 Å². The van der Waals surface area contributed by atoms with Crippen molar-refractivity contribution in [2.24, 2.45) is 47.3 Å². The number of nitrogens with zero attached hydrogens (tertiary/aromatic N) is 1. The molecule has 7 N–H and O–H groups in total. The first-order valence-electron chi connectivity index (χ1n) is 17.8. The topological polar surface area (TPSA) is 98.3 Å². The second kappa shape index (κ2) is 12.0. The van der Waals surface area contributed by atoms with Gasteiger partial charge in [0.15, 0.2) is 0 Å². The van der Waals surface area contributed by atoms with Gasteiger partial charge in [0, 0.05) is 21.7 Å². The average Bonchev–Trinajstić information content (AvgIpc) is 3.73. The van der Waals surface area contributed by atoms with Crippen molar-refractivity contribution >= 4 is 0 Å². The van der Waals surface area contributed by atoms with Crippen molar-refractivity contribution in [1.82, 2.24) is 37.2 Å². The Hall–Kier alpha value is 0.394. The van der Waals surface area contributed by atoms with Gasteiger partial charge in [-0.2, -0.15) is 0 Å². The van der Waals surface area contributed by atoms with Gasteiger partial charge in [-0.15, -0.1) is 0 Å². The van der Waals surface area contributed by atoms with Gasteiger partial charge in [-0.05, 0) is 85.9 Å². The maximum Gasteiger partial charge on any atom is 0.0628 e. The SMILES string of the molecule is C1CCC2C3[N-]C(NC4NC(NC5NC(NC6NC(N3)C3CCCCC63)C3CCCCC53)C3CCCCC43)C2C1.[Ti]. The fourth-order valence-corrected chi connectivity index (χ4v) is 11.9. The van der Waals surface area contributed by atoms with E-state index in [1.807, 2.05) is 0 Å². The minimum atomic E-state index is 0. The minimum absolute atomic E-state index is 0. The molecule has 16 unspecified atom stereocenters. The van der Waals surface area contributed by atoms with Crippen molar-refractivity contribution in [3.8, 4) is 0 Å². The zero-order valence-corrected chi connectivity index (χ0v) is 26.6. The molecule has 9 rings (SSSR count). The summed E-state index contributed by atoms with van der Waals surface area (Å²) >= 11 is 0. The molecule has 0 amide bonds. The second-order valence-electron chi connectivity index (χ2n) is 15.5. The molecule has 0 aromatic rings. The molecule has 5 heterocycles. The Morgan fingerprint density at radius 3 is 0.780 bits per heavy atom. The standard InChI is InChI=1S/C32H55N8.Ti/c1-2-10-18-17(9-1)25-33-26(18)38-28-21-13-5-6-14-22(21)30(35-28)40-32-24-16-8-7-15-23(24)31(36-32)39-29-20-12-4-3-11-19(20)27(34-29)37-25;/h17-35,37-40H,1-16H2;/q-1;. The van der Waals surface area contributed by atoms with Crippen LogP contribution in [0.4, 0.5) is 0 Å². The summed E-state index contributed by atoms with van der Waals surface area (Å²) in [6.45, 7) is 0. The Bertz CT molecular complexity index is 716. The van der Waals surface area contributed by atoms with Gasteiger partial charge in [-0.25, -0.2) is 0 Å². The predicted octanol–water partition coefficient (Wildman–Crippen LogP) is 3.39. The van der Waals surface area contributed by atoms with Gasteiger partial charge < -0.3 is 16.0 Å². The molecule has 9 heteroatoms. The van der Waals surface area contributed by atoms with Gasteiger partial charge in [-0.1, -0.05) is 76.5 Å². The number of hydrogen-bond donors (Lipinski definition) is 7. The first-order chi connectivity index (χ1) is 19.8. The smallest absolute Gasteiger partial charge is 0.0628 e.